The van der Waals surface area contributed by atoms with E-state index in [0.717, 1.165) is 6.42 Å². The normalized spacial score (nSPS) is 12.7. The number of carboxylic acid groups (broad SMARTS) is 1. The first-order chi connectivity index (χ1) is 14.5. The van der Waals surface area contributed by atoms with Crippen molar-refractivity contribution in [3.8, 4) is 11.5 Å². The van der Waals surface area contributed by atoms with Gasteiger partial charge >= 0.3 is 23.9 Å². The molecule has 172 valence electrons. The van der Waals surface area contributed by atoms with Crippen LogP contribution < -0.4 is 14.8 Å². The van der Waals surface area contributed by atoms with Gasteiger partial charge < -0.3 is 24.6 Å². The summed E-state index contributed by atoms with van der Waals surface area (Å²) in [4.78, 5) is 46.0. The highest BCUT2D eigenvalue weighted by molar-refractivity contribution is 5.75. The molecule has 0 saturated carbocycles. The summed E-state index contributed by atoms with van der Waals surface area (Å²) in [5, 5.41) is 12.4. The van der Waals surface area contributed by atoms with Gasteiger partial charge in [-0.15, -0.1) is 0 Å². The predicted molar refractivity (Wildman–Crippen MR) is 112 cm³/mol. The second-order valence-electron chi connectivity index (χ2n) is 7.70. The van der Waals surface area contributed by atoms with E-state index < -0.39 is 30.1 Å². The molecule has 1 rings (SSSR count). The van der Waals surface area contributed by atoms with Gasteiger partial charge in [0.1, 0.15) is 12.1 Å². The van der Waals surface area contributed by atoms with Crippen molar-refractivity contribution in [1.29, 1.82) is 0 Å². The van der Waals surface area contributed by atoms with E-state index in [-0.39, 0.29) is 30.4 Å². The Bertz CT molecular complexity index is 790. The molecule has 9 nitrogen and oxygen atoms in total. The van der Waals surface area contributed by atoms with E-state index >= 15 is 0 Å². The van der Waals surface area contributed by atoms with Crippen LogP contribution in [0.1, 0.15) is 53.0 Å². The average molecular weight is 437 g/mol. The number of hydrogen-bond donors (Lipinski definition) is 2. The Hall–Kier alpha value is -2.94. The van der Waals surface area contributed by atoms with Crippen LogP contribution in [-0.2, 0) is 30.3 Å². The second kappa shape index (κ2) is 12.7. The number of benzene rings is 1. The summed E-state index contributed by atoms with van der Waals surface area (Å²) in [6.07, 6.45) is 0.616. The van der Waals surface area contributed by atoms with E-state index in [9.17, 15) is 24.3 Å². The molecule has 0 saturated heterocycles. The number of hydrogen-bond acceptors (Lipinski definition) is 8. The molecule has 2 N–H and O–H groups in total. The highest BCUT2D eigenvalue weighted by Crippen LogP contribution is 2.29. The molecule has 0 spiro atoms. The van der Waals surface area contributed by atoms with Crippen LogP contribution in [0.4, 0.5) is 0 Å². The maximum atomic E-state index is 11.8. The van der Waals surface area contributed by atoms with Crippen molar-refractivity contribution in [2.75, 3.05) is 6.54 Å². The Morgan fingerprint density at radius 1 is 1.00 bits per heavy atom. The van der Waals surface area contributed by atoms with Gasteiger partial charge in [0, 0.05) is 26.8 Å². The van der Waals surface area contributed by atoms with Crippen LogP contribution in [0, 0.1) is 5.92 Å². The minimum atomic E-state index is -1.09. The van der Waals surface area contributed by atoms with Gasteiger partial charge in [-0.1, -0.05) is 19.9 Å². The molecule has 1 aromatic carbocycles. The second-order valence-corrected chi connectivity index (χ2v) is 7.70. The molecule has 1 aromatic rings. The van der Waals surface area contributed by atoms with Crippen LogP contribution in [0.15, 0.2) is 18.2 Å². The number of esters is 3. The van der Waals surface area contributed by atoms with Crippen molar-refractivity contribution in [3.63, 3.8) is 0 Å². The van der Waals surface area contributed by atoms with Gasteiger partial charge in [-0.3, -0.25) is 19.2 Å². The average Bonchev–Trinajstić information content (AvgIpc) is 2.64. The molecule has 0 aliphatic heterocycles. The fourth-order valence-corrected chi connectivity index (χ4v) is 2.68. The first-order valence-electron chi connectivity index (χ1n) is 10.1. The van der Waals surface area contributed by atoms with E-state index in [1.807, 2.05) is 13.8 Å². The predicted octanol–water partition coefficient (Wildman–Crippen LogP) is 2.49. The molecule has 0 aliphatic carbocycles. The van der Waals surface area contributed by atoms with Gasteiger partial charge in [-0.2, -0.15) is 0 Å². The zero-order chi connectivity index (χ0) is 23.6. The number of carbonyl (C=O) groups excluding carboxylic acids is 3. The number of aliphatic carboxylic acids is 1. The summed E-state index contributed by atoms with van der Waals surface area (Å²) in [5.41, 5.74) is 0.550. The van der Waals surface area contributed by atoms with Gasteiger partial charge in [0.2, 0.25) is 0 Å². The lowest BCUT2D eigenvalue weighted by atomic mass is 10.0. The monoisotopic (exact) mass is 437 g/mol. The Kier molecular flexibility index (Phi) is 10.7. The van der Waals surface area contributed by atoms with Crippen molar-refractivity contribution in [1.82, 2.24) is 5.32 Å². The molecule has 2 atom stereocenters. The van der Waals surface area contributed by atoms with Crippen LogP contribution >= 0.6 is 0 Å². The van der Waals surface area contributed by atoms with Gasteiger partial charge in [-0.25, -0.2) is 0 Å². The van der Waals surface area contributed by atoms with Crippen LogP contribution in [0.25, 0.3) is 0 Å². The molecule has 0 amide bonds. The molecule has 9 heteroatoms. The maximum absolute atomic E-state index is 11.8. The third-order valence-corrected chi connectivity index (χ3v) is 4.16. The molecule has 0 fully saturated rings. The largest absolute Gasteiger partial charge is 0.480 e. The van der Waals surface area contributed by atoms with Crippen LogP contribution in [0.2, 0.25) is 0 Å². The molecule has 31 heavy (non-hydrogen) atoms. The summed E-state index contributed by atoms with van der Waals surface area (Å²) in [6, 6.07) is 3.50. The van der Waals surface area contributed by atoms with Crippen molar-refractivity contribution in [3.05, 3.63) is 23.8 Å². The Morgan fingerprint density at radius 3 is 2.16 bits per heavy atom. The van der Waals surface area contributed by atoms with Crippen molar-refractivity contribution in [2.24, 2.45) is 5.92 Å². The van der Waals surface area contributed by atoms with Gasteiger partial charge in [0.15, 0.2) is 11.5 Å². The van der Waals surface area contributed by atoms with Crippen molar-refractivity contribution in [2.45, 2.75) is 66.0 Å². The zero-order valence-electron chi connectivity index (χ0n) is 18.6. The number of carboxylic acids is 1. The van der Waals surface area contributed by atoms with Crippen LogP contribution in [-0.4, -0.2) is 47.7 Å². The van der Waals surface area contributed by atoms with Crippen LogP contribution in [0.5, 0.6) is 11.5 Å². The smallest absolute Gasteiger partial charge is 0.321 e. The van der Waals surface area contributed by atoms with E-state index in [1.165, 1.54) is 26.0 Å². The summed E-state index contributed by atoms with van der Waals surface area (Å²) >= 11 is 0. The first kappa shape index (κ1) is 26.1. The maximum Gasteiger partial charge on any atom is 0.321 e. The lowest BCUT2D eigenvalue weighted by Gasteiger charge is -2.19. The molecule has 0 radical (unpaired) electrons. The minimum Gasteiger partial charge on any atom is -0.480 e. The number of carbonyl (C=O) groups is 4. The quantitative estimate of drug-likeness (QED) is 0.374. The molecule has 0 heterocycles. The zero-order valence-corrected chi connectivity index (χ0v) is 18.6. The number of ether oxygens (including phenoxy) is 3. The third kappa shape index (κ3) is 10.6. The van der Waals surface area contributed by atoms with E-state index in [2.05, 4.69) is 5.32 Å². The molecular weight excluding hydrogens is 406 g/mol. The van der Waals surface area contributed by atoms with E-state index in [0.29, 0.717) is 17.9 Å². The van der Waals surface area contributed by atoms with E-state index in [4.69, 9.17) is 14.2 Å². The lowest BCUT2D eigenvalue weighted by molar-refractivity contribution is -0.148. The van der Waals surface area contributed by atoms with E-state index in [1.54, 1.807) is 13.0 Å². The topological polar surface area (TPSA) is 128 Å². The Balaban J connectivity index is 2.77. The summed E-state index contributed by atoms with van der Waals surface area (Å²) in [7, 11) is 0. The SMILES string of the molecule is CC(=O)Oc1ccc(C[C@H](NCC(C)OC(=O)CCC(C)C)C(=O)O)cc1OC(C)=O. The number of rotatable bonds is 12. The summed E-state index contributed by atoms with van der Waals surface area (Å²) in [5.74, 6) is -2.11. The Morgan fingerprint density at radius 2 is 1.61 bits per heavy atom. The fourth-order valence-electron chi connectivity index (χ4n) is 2.68. The minimum absolute atomic E-state index is 0.0248. The van der Waals surface area contributed by atoms with Crippen LogP contribution in [0.3, 0.4) is 0 Å². The standard InChI is InChI=1S/C22H31NO8/c1-13(2)6-9-21(26)29-14(3)12-23-18(22(27)28)10-17-7-8-19(30-15(4)24)20(11-17)31-16(5)25/h7-8,11,13-14,18,23H,6,9-10,12H2,1-5H3,(H,27,28)/t14?,18-/m0/s1. The first-order valence-corrected chi connectivity index (χ1v) is 10.1. The van der Waals surface area contributed by atoms with Gasteiger partial charge in [-0.05, 0) is 43.4 Å². The molecule has 0 aliphatic rings. The highest BCUT2D eigenvalue weighted by atomic mass is 16.6. The summed E-state index contributed by atoms with van der Waals surface area (Å²) < 4.78 is 15.4. The summed E-state index contributed by atoms with van der Waals surface area (Å²) in [6.45, 7) is 8.30. The van der Waals surface area contributed by atoms with Crippen molar-refractivity contribution >= 4 is 23.9 Å². The van der Waals surface area contributed by atoms with Gasteiger partial charge in [0.25, 0.3) is 0 Å². The molecule has 1 unspecified atom stereocenters. The number of nitrogens with one attached hydrogen (secondary N) is 1. The molecule has 0 aromatic heterocycles. The Labute approximate surface area is 182 Å². The van der Waals surface area contributed by atoms with Gasteiger partial charge in [0.05, 0.1) is 0 Å². The third-order valence-electron chi connectivity index (χ3n) is 4.16. The fraction of sp³-hybridized carbons (Fsp3) is 0.545. The molecular formula is C22H31NO8. The highest BCUT2D eigenvalue weighted by Gasteiger charge is 2.21. The molecule has 0 bridgehead atoms. The van der Waals surface area contributed by atoms with Crippen molar-refractivity contribution < 1.29 is 38.5 Å². The lowest BCUT2D eigenvalue weighted by Crippen LogP contribution is -2.42.